The summed E-state index contributed by atoms with van der Waals surface area (Å²) in [5, 5.41) is 18.1. The highest BCUT2D eigenvalue weighted by Gasteiger charge is 2.32. The van der Waals surface area contributed by atoms with Crippen LogP contribution in [0.25, 0.3) is 0 Å². The standard InChI is InChI=1S/C14H16N2O4/c17-13(18)11-9-16(14(19)20)7-6-12(11)15-8-10-4-2-1-3-5-10/h1-5,11H,6-9H2,(H,17,18)(H,19,20). The molecule has 0 aromatic heterocycles. The van der Waals surface area contributed by atoms with Gasteiger partial charge in [-0.15, -0.1) is 0 Å². The molecule has 0 spiro atoms. The number of nitrogens with zero attached hydrogens (tertiary/aromatic N) is 2. The van der Waals surface area contributed by atoms with E-state index in [2.05, 4.69) is 4.99 Å². The minimum absolute atomic E-state index is 0.0295. The van der Waals surface area contributed by atoms with Gasteiger partial charge in [-0.05, 0) is 5.56 Å². The van der Waals surface area contributed by atoms with Crippen molar-refractivity contribution in [1.29, 1.82) is 0 Å². The molecule has 0 radical (unpaired) electrons. The molecule has 1 atom stereocenters. The van der Waals surface area contributed by atoms with E-state index in [0.29, 0.717) is 25.2 Å². The second-order valence-corrected chi connectivity index (χ2v) is 4.66. The van der Waals surface area contributed by atoms with Gasteiger partial charge in [0, 0.05) is 25.2 Å². The van der Waals surface area contributed by atoms with Gasteiger partial charge < -0.3 is 15.1 Å². The van der Waals surface area contributed by atoms with Crippen LogP contribution in [0.3, 0.4) is 0 Å². The molecule has 6 nitrogen and oxygen atoms in total. The number of benzene rings is 1. The van der Waals surface area contributed by atoms with Crippen molar-refractivity contribution in [2.24, 2.45) is 10.9 Å². The Bertz CT molecular complexity index is 527. The van der Waals surface area contributed by atoms with Crippen LogP contribution in [0.1, 0.15) is 12.0 Å². The van der Waals surface area contributed by atoms with Crippen LogP contribution in [-0.2, 0) is 11.3 Å². The van der Waals surface area contributed by atoms with E-state index in [-0.39, 0.29) is 6.54 Å². The van der Waals surface area contributed by atoms with Gasteiger partial charge in [0.1, 0.15) is 5.92 Å². The van der Waals surface area contributed by atoms with E-state index in [9.17, 15) is 14.7 Å². The first-order valence-electron chi connectivity index (χ1n) is 6.35. The summed E-state index contributed by atoms with van der Waals surface area (Å²) in [4.78, 5) is 27.6. The van der Waals surface area contributed by atoms with Crippen LogP contribution in [0.5, 0.6) is 0 Å². The fourth-order valence-electron chi connectivity index (χ4n) is 2.20. The largest absolute Gasteiger partial charge is 0.481 e. The summed E-state index contributed by atoms with van der Waals surface area (Å²) in [6.07, 6.45) is -0.714. The molecule has 1 fully saturated rings. The Kier molecular flexibility index (Phi) is 4.34. The maximum atomic E-state index is 11.2. The number of hydrogen-bond acceptors (Lipinski definition) is 3. The molecular formula is C14H16N2O4. The smallest absolute Gasteiger partial charge is 0.407 e. The van der Waals surface area contributed by atoms with Crippen molar-refractivity contribution in [3.63, 3.8) is 0 Å². The number of carbonyl (C=O) groups is 2. The lowest BCUT2D eigenvalue weighted by atomic mass is 9.95. The van der Waals surface area contributed by atoms with E-state index in [4.69, 9.17) is 5.11 Å². The molecule has 1 aliphatic rings. The van der Waals surface area contributed by atoms with Crippen molar-refractivity contribution < 1.29 is 19.8 Å². The van der Waals surface area contributed by atoms with Crippen LogP contribution < -0.4 is 0 Å². The first-order valence-corrected chi connectivity index (χ1v) is 6.35. The Hall–Kier alpha value is -2.37. The molecule has 2 N–H and O–H groups in total. The lowest BCUT2D eigenvalue weighted by Crippen LogP contribution is -2.46. The molecule has 0 bridgehead atoms. The molecule has 2 rings (SSSR count). The van der Waals surface area contributed by atoms with Crippen LogP contribution >= 0.6 is 0 Å². The van der Waals surface area contributed by atoms with Gasteiger partial charge in [-0.3, -0.25) is 9.79 Å². The van der Waals surface area contributed by atoms with Crippen LogP contribution in [0, 0.1) is 5.92 Å². The zero-order chi connectivity index (χ0) is 14.5. The normalized spacial score (nSPS) is 20.9. The number of likely N-dealkylation sites (tertiary alicyclic amines) is 1. The third-order valence-corrected chi connectivity index (χ3v) is 3.32. The quantitative estimate of drug-likeness (QED) is 0.879. The van der Waals surface area contributed by atoms with Gasteiger partial charge >= 0.3 is 12.1 Å². The van der Waals surface area contributed by atoms with Gasteiger partial charge in [0.2, 0.25) is 0 Å². The van der Waals surface area contributed by atoms with E-state index < -0.39 is 18.0 Å². The molecule has 1 saturated heterocycles. The Morgan fingerprint density at radius 1 is 1.25 bits per heavy atom. The molecule has 6 heteroatoms. The van der Waals surface area contributed by atoms with Crippen molar-refractivity contribution in [3.8, 4) is 0 Å². The third-order valence-electron chi connectivity index (χ3n) is 3.32. The van der Waals surface area contributed by atoms with Crippen molar-refractivity contribution in [2.75, 3.05) is 13.1 Å². The van der Waals surface area contributed by atoms with Gasteiger partial charge in [-0.25, -0.2) is 4.79 Å². The molecule has 1 aromatic rings. The van der Waals surface area contributed by atoms with Gasteiger partial charge in [0.25, 0.3) is 0 Å². The Morgan fingerprint density at radius 2 is 1.95 bits per heavy atom. The van der Waals surface area contributed by atoms with Crippen molar-refractivity contribution in [1.82, 2.24) is 4.90 Å². The summed E-state index contributed by atoms with van der Waals surface area (Å²) >= 11 is 0. The van der Waals surface area contributed by atoms with Crippen LogP contribution in [0.2, 0.25) is 0 Å². The van der Waals surface area contributed by atoms with Gasteiger partial charge in [0.15, 0.2) is 0 Å². The fourth-order valence-corrected chi connectivity index (χ4v) is 2.20. The third kappa shape index (κ3) is 3.34. The molecule has 20 heavy (non-hydrogen) atoms. The second-order valence-electron chi connectivity index (χ2n) is 4.66. The number of carboxylic acid groups (broad SMARTS) is 2. The van der Waals surface area contributed by atoms with Gasteiger partial charge in [-0.2, -0.15) is 0 Å². The number of carboxylic acids is 1. The average Bonchev–Trinajstić information content (AvgIpc) is 2.45. The highest BCUT2D eigenvalue weighted by Crippen LogP contribution is 2.16. The van der Waals surface area contributed by atoms with E-state index in [0.717, 1.165) is 10.5 Å². The lowest BCUT2D eigenvalue weighted by Gasteiger charge is -2.29. The van der Waals surface area contributed by atoms with Crippen LogP contribution in [-0.4, -0.2) is 46.0 Å². The molecule has 1 aromatic carbocycles. The molecule has 1 aliphatic heterocycles. The Balaban J connectivity index is 2.10. The van der Waals surface area contributed by atoms with E-state index >= 15 is 0 Å². The Morgan fingerprint density at radius 3 is 2.55 bits per heavy atom. The molecule has 0 aliphatic carbocycles. The number of aliphatic imine (C=N–C) groups is 1. The summed E-state index contributed by atoms with van der Waals surface area (Å²) in [6, 6.07) is 9.55. The molecule has 106 valence electrons. The van der Waals surface area contributed by atoms with E-state index in [1.165, 1.54) is 0 Å². The number of amides is 1. The number of rotatable bonds is 3. The van der Waals surface area contributed by atoms with E-state index in [1.807, 2.05) is 30.3 Å². The minimum Gasteiger partial charge on any atom is -0.481 e. The summed E-state index contributed by atoms with van der Waals surface area (Å²) in [6.45, 7) is 0.693. The van der Waals surface area contributed by atoms with E-state index in [1.54, 1.807) is 0 Å². The number of hydrogen-bond donors (Lipinski definition) is 2. The van der Waals surface area contributed by atoms with Crippen molar-refractivity contribution in [2.45, 2.75) is 13.0 Å². The summed E-state index contributed by atoms with van der Waals surface area (Å²) in [5.74, 6) is -1.87. The molecule has 1 unspecified atom stereocenters. The molecule has 0 saturated carbocycles. The zero-order valence-corrected chi connectivity index (χ0v) is 10.9. The fraction of sp³-hybridized carbons (Fsp3) is 0.357. The SMILES string of the molecule is O=C(O)C1CN(C(=O)O)CCC1=NCc1ccccc1. The maximum absolute atomic E-state index is 11.2. The average molecular weight is 276 g/mol. The van der Waals surface area contributed by atoms with Gasteiger partial charge in [0.05, 0.1) is 6.54 Å². The van der Waals surface area contributed by atoms with Crippen molar-refractivity contribution in [3.05, 3.63) is 35.9 Å². The zero-order valence-electron chi connectivity index (χ0n) is 10.9. The predicted molar refractivity (Wildman–Crippen MR) is 72.9 cm³/mol. The molecule has 1 amide bonds. The predicted octanol–water partition coefficient (Wildman–Crippen LogP) is 1.71. The van der Waals surface area contributed by atoms with Crippen LogP contribution in [0.15, 0.2) is 35.3 Å². The minimum atomic E-state index is -1.08. The molecule has 1 heterocycles. The first-order chi connectivity index (χ1) is 9.58. The first kappa shape index (κ1) is 14.0. The maximum Gasteiger partial charge on any atom is 0.407 e. The summed E-state index contributed by atoms with van der Waals surface area (Å²) in [5.41, 5.74) is 1.57. The van der Waals surface area contributed by atoms with Crippen molar-refractivity contribution >= 4 is 17.8 Å². The topological polar surface area (TPSA) is 90.2 Å². The highest BCUT2D eigenvalue weighted by molar-refractivity contribution is 6.03. The molecular weight excluding hydrogens is 260 g/mol. The second kappa shape index (κ2) is 6.18. The summed E-state index contributed by atoms with van der Waals surface area (Å²) in [7, 11) is 0. The monoisotopic (exact) mass is 276 g/mol. The Labute approximate surface area is 116 Å². The lowest BCUT2D eigenvalue weighted by molar-refractivity contribution is -0.140. The van der Waals surface area contributed by atoms with Gasteiger partial charge in [-0.1, -0.05) is 30.3 Å². The highest BCUT2D eigenvalue weighted by atomic mass is 16.4. The number of aliphatic carboxylic acids is 1. The van der Waals surface area contributed by atoms with Crippen LogP contribution in [0.4, 0.5) is 4.79 Å². The number of piperidine rings is 1. The summed E-state index contributed by atoms with van der Waals surface area (Å²) < 4.78 is 0.